The van der Waals surface area contributed by atoms with Gasteiger partial charge in [0.1, 0.15) is 0 Å². The lowest BCUT2D eigenvalue weighted by Gasteiger charge is -2.03. The molecule has 1 heteroatoms. The molecule has 0 bridgehead atoms. The molecule has 0 spiro atoms. The highest BCUT2D eigenvalue weighted by molar-refractivity contribution is 9.10. The molecule has 0 aliphatic heterocycles. The fraction of sp³-hybridized carbons (Fsp3) is 0.400. The minimum atomic E-state index is 1.11. The third kappa shape index (κ3) is 2.06. The van der Waals surface area contributed by atoms with E-state index in [4.69, 9.17) is 0 Å². The van der Waals surface area contributed by atoms with Gasteiger partial charge in [0, 0.05) is 4.47 Å². The number of benzene rings is 1. The van der Waals surface area contributed by atoms with E-state index in [0.717, 1.165) is 12.8 Å². The molecule has 0 radical (unpaired) electrons. The van der Waals surface area contributed by atoms with Gasteiger partial charge < -0.3 is 0 Å². The summed E-state index contributed by atoms with van der Waals surface area (Å²) in [5, 5.41) is 0. The summed E-state index contributed by atoms with van der Waals surface area (Å²) in [6.07, 6.45) is 2.23. The van der Waals surface area contributed by atoms with Crippen LogP contribution in [0.25, 0.3) is 0 Å². The molecule has 1 aromatic rings. The van der Waals surface area contributed by atoms with E-state index in [1.54, 1.807) is 0 Å². The Kier molecular flexibility index (Phi) is 3.13. The molecule has 0 aliphatic rings. The largest absolute Gasteiger partial charge is 0.0613 e. The first-order chi connectivity index (χ1) is 5.27. The molecule has 0 aromatic heterocycles. The second kappa shape index (κ2) is 3.91. The van der Waals surface area contributed by atoms with Crippen molar-refractivity contribution >= 4 is 15.9 Å². The van der Waals surface area contributed by atoms with Crippen molar-refractivity contribution in [3.05, 3.63) is 33.8 Å². The number of hydrogen-bond acceptors (Lipinski definition) is 0. The summed E-state index contributed by atoms with van der Waals surface area (Å²) < 4.78 is 1.23. The Morgan fingerprint density at radius 3 is 2.45 bits per heavy atom. The highest BCUT2D eigenvalue weighted by atomic mass is 79.9. The summed E-state index contributed by atoms with van der Waals surface area (Å²) in [5.41, 5.74) is 2.83. The normalized spacial score (nSPS) is 10.1. The average molecular weight is 213 g/mol. The molecule has 1 aromatic carbocycles. The van der Waals surface area contributed by atoms with Crippen molar-refractivity contribution in [2.45, 2.75) is 26.7 Å². The predicted octanol–water partition coefficient (Wildman–Crippen LogP) is 3.57. The van der Waals surface area contributed by atoms with Gasteiger partial charge in [-0.1, -0.05) is 41.9 Å². The van der Waals surface area contributed by atoms with Gasteiger partial charge in [-0.25, -0.2) is 0 Å². The fourth-order valence-corrected chi connectivity index (χ4v) is 1.65. The zero-order valence-corrected chi connectivity index (χ0v) is 8.61. The molecule has 0 atom stereocenters. The molecule has 1 rings (SSSR count). The minimum Gasteiger partial charge on any atom is -0.0613 e. The third-order valence-corrected chi connectivity index (χ3v) is 2.67. The quantitative estimate of drug-likeness (QED) is 0.704. The number of halogens is 1. The van der Waals surface area contributed by atoms with Gasteiger partial charge in [-0.3, -0.25) is 0 Å². The molecule has 11 heavy (non-hydrogen) atoms. The summed E-state index contributed by atoms with van der Waals surface area (Å²) in [4.78, 5) is 0. The number of hydrogen-bond donors (Lipinski definition) is 0. The SMILES string of the molecule is CCc1ccc(Br)c(CC)c1. The van der Waals surface area contributed by atoms with Gasteiger partial charge in [0.2, 0.25) is 0 Å². The van der Waals surface area contributed by atoms with Gasteiger partial charge in [-0.15, -0.1) is 0 Å². The smallest absolute Gasteiger partial charge is 0.0207 e. The van der Waals surface area contributed by atoms with Crippen LogP contribution in [-0.2, 0) is 12.8 Å². The summed E-state index contributed by atoms with van der Waals surface area (Å²) in [5.74, 6) is 0. The maximum Gasteiger partial charge on any atom is 0.0207 e. The Bertz CT molecular complexity index is 241. The fourth-order valence-electron chi connectivity index (χ4n) is 1.12. The first-order valence-corrected chi connectivity index (χ1v) is 4.84. The lowest BCUT2D eigenvalue weighted by atomic mass is 10.1. The van der Waals surface area contributed by atoms with Crippen LogP contribution in [-0.4, -0.2) is 0 Å². The second-order valence-electron chi connectivity index (χ2n) is 2.63. The van der Waals surface area contributed by atoms with E-state index in [-0.39, 0.29) is 0 Å². The highest BCUT2D eigenvalue weighted by Gasteiger charge is 1.97. The van der Waals surface area contributed by atoms with Crippen LogP contribution in [0.5, 0.6) is 0 Å². The minimum absolute atomic E-state index is 1.11. The van der Waals surface area contributed by atoms with Crippen molar-refractivity contribution in [3.63, 3.8) is 0 Å². The molecule has 0 saturated carbocycles. The molecule has 0 fully saturated rings. The molecule has 0 heterocycles. The van der Waals surface area contributed by atoms with E-state index in [1.165, 1.54) is 15.6 Å². The number of aryl methyl sites for hydroxylation is 2. The second-order valence-corrected chi connectivity index (χ2v) is 3.49. The van der Waals surface area contributed by atoms with Gasteiger partial charge in [-0.05, 0) is 30.0 Å². The van der Waals surface area contributed by atoms with Crippen LogP contribution in [0.1, 0.15) is 25.0 Å². The van der Waals surface area contributed by atoms with Crippen LogP contribution < -0.4 is 0 Å². The van der Waals surface area contributed by atoms with Gasteiger partial charge in [0.25, 0.3) is 0 Å². The van der Waals surface area contributed by atoms with Crippen molar-refractivity contribution < 1.29 is 0 Å². The van der Waals surface area contributed by atoms with Crippen LogP contribution in [0.4, 0.5) is 0 Å². The lowest BCUT2D eigenvalue weighted by molar-refractivity contribution is 1.08. The Balaban J connectivity index is 3.02. The van der Waals surface area contributed by atoms with Crippen molar-refractivity contribution in [2.75, 3.05) is 0 Å². The molecule has 0 N–H and O–H groups in total. The van der Waals surface area contributed by atoms with Gasteiger partial charge in [0.15, 0.2) is 0 Å². The van der Waals surface area contributed by atoms with Crippen LogP contribution in [0.15, 0.2) is 22.7 Å². The molecule has 0 aliphatic carbocycles. The Morgan fingerprint density at radius 1 is 1.18 bits per heavy atom. The highest BCUT2D eigenvalue weighted by Crippen LogP contribution is 2.18. The Morgan fingerprint density at radius 2 is 1.91 bits per heavy atom. The zero-order valence-electron chi connectivity index (χ0n) is 7.02. The summed E-state index contributed by atoms with van der Waals surface area (Å²) >= 11 is 3.52. The molecule has 0 saturated heterocycles. The summed E-state index contributed by atoms with van der Waals surface area (Å²) in [6, 6.07) is 6.57. The van der Waals surface area contributed by atoms with Crippen LogP contribution in [0.3, 0.4) is 0 Å². The van der Waals surface area contributed by atoms with E-state index in [2.05, 4.69) is 48.0 Å². The topological polar surface area (TPSA) is 0 Å². The monoisotopic (exact) mass is 212 g/mol. The van der Waals surface area contributed by atoms with Crippen LogP contribution >= 0.6 is 15.9 Å². The maximum atomic E-state index is 3.52. The van der Waals surface area contributed by atoms with Crippen LogP contribution in [0.2, 0.25) is 0 Å². The molecular formula is C10H13Br. The van der Waals surface area contributed by atoms with Crippen LogP contribution in [0, 0.1) is 0 Å². The van der Waals surface area contributed by atoms with Gasteiger partial charge >= 0.3 is 0 Å². The van der Waals surface area contributed by atoms with E-state index in [0.29, 0.717) is 0 Å². The van der Waals surface area contributed by atoms with Gasteiger partial charge in [0.05, 0.1) is 0 Å². The molecule has 60 valence electrons. The maximum absolute atomic E-state index is 3.52. The molecular weight excluding hydrogens is 200 g/mol. The van der Waals surface area contributed by atoms with E-state index >= 15 is 0 Å². The first kappa shape index (κ1) is 8.79. The van der Waals surface area contributed by atoms with Crippen molar-refractivity contribution in [2.24, 2.45) is 0 Å². The van der Waals surface area contributed by atoms with E-state index < -0.39 is 0 Å². The first-order valence-electron chi connectivity index (χ1n) is 4.05. The Hall–Kier alpha value is -0.300. The van der Waals surface area contributed by atoms with Crippen molar-refractivity contribution in [1.29, 1.82) is 0 Å². The molecule has 0 amide bonds. The van der Waals surface area contributed by atoms with Gasteiger partial charge in [-0.2, -0.15) is 0 Å². The summed E-state index contributed by atoms with van der Waals surface area (Å²) in [6.45, 7) is 4.36. The standard InChI is InChI=1S/C10H13Br/c1-3-8-5-6-10(11)9(4-2)7-8/h5-7H,3-4H2,1-2H3. The molecule has 0 nitrogen and oxygen atoms in total. The predicted molar refractivity (Wildman–Crippen MR) is 52.9 cm³/mol. The Labute approximate surface area is 76.8 Å². The van der Waals surface area contributed by atoms with Crippen molar-refractivity contribution in [3.8, 4) is 0 Å². The summed E-state index contributed by atoms with van der Waals surface area (Å²) in [7, 11) is 0. The molecule has 0 unspecified atom stereocenters. The van der Waals surface area contributed by atoms with Crippen molar-refractivity contribution in [1.82, 2.24) is 0 Å². The zero-order chi connectivity index (χ0) is 8.27. The third-order valence-electron chi connectivity index (χ3n) is 1.90. The van der Waals surface area contributed by atoms with E-state index in [9.17, 15) is 0 Å². The average Bonchev–Trinajstić information content (AvgIpc) is 2.05. The number of rotatable bonds is 2. The van der Waals surface area contributed by atoms with E-state index in [1.807, 2.05) is 0 Å². The lowest BCUT2D eigenvalue weighted by Crippen LogP contribution is -1.86.